The van der Waals surface area contributed by atoms with E-state index in [1.54, 1.807) is 13.1 Å². The lowest BCUT2D eigenvalue weighted by Gasteiger charge is -2.04. The topological polar surface area (TPSA) is 66.0 Å². The lowest BCUT2D eigenvalue weighted by Crippen LogP contribution is -2.07. The molecule has 0 aliphatic rings. The smallest absolute Gasteiger partial charge is 0.433 e. The molecule has 0 aliphatic carbocycles. The predicted octanol–water partition coefficient (Wildman–Crippen LogP) is 3.06. The summed E-state index contributed by atoms with van der Waals surface area (Å²) in [6.45, 7) is 1.60. The fourth-order valence-electron chi connectivity index (χ4n) is 1.09. The summed E-state index contributed by atoms with van der Waals surface area (Å²) in [6.07, 6.45) is -2.59. The number of nitrogens with zero attached hydrogens (tertiary/aromatic N) is 1. The molecule has 0 aromatic carbocycles. The summed E-state index contributed by atoms with van der Waals surface area (Å²) in [5.74, 6) is -0.745. The Morgan fingerprint density at radius 2 is 2.00 bits per heavy atom. The summed E-state index contributed by atoms with van der Waals surface area (Å²) in [7, 11) is 0. The van der Waals surface area contributed by atoms with Crippen molar-refractivity contribution in [1.29, 1.82) is 0 Å². The van der Waals surface area contributed by atoms with E-state index in [4.69, 9.17) is 5.11 Å². The van der Waals surface area contributed by atoms with Gasteiger partial charge < -0.3 is 10.1 Å². The maximum Gasteiger partial charge on any atom is 0.433 e. The molecule has 0 spiro atoms. The highest BCUT2D eigenvalue weighted by Crippen LogP contribution is 2.28. The standard InChI is InChI=1S/C8H5F3N2.C3H6O2/c9-8(10,11)7-2-1-5-6(13-7)3-4-12-5;1-2-3(4)5/h1-4,12H;2H2,1H3,(H,4,5). The molecule has 2 heterocycles. The molecule has 2 rings (SSSR count). The molecular weight excluding hydrogens is 249 g/mol. The number of carbonyl (C=O) groups is 1. The molecule has 98 valence electrons. The zero-order valence-corrected chi connectivity index (χ0v) is 9.45. The first-order valence-corrected chi connectivity index (χ1v) is 5.07. The van der Waals surface area contributed by atoms with Gasteiger partial charge in [0.15, 0.2) is 0 Å². The molecule has 2 N–H and O–H groups in total. The number of aromatic nitrogens is 2. The number of rotatable bonds is 1. The SMILES string of the molecule is CCC(=O)O.FC(F)(F)c1ccc2[nH]ccc2n1. The van der Waals surface area contributed by atoms with Crippen molar-refractivity contribution < 1.29 is 23.1 Å². The van der Waals surface area contributed by atoms with Crippen LogP contribution >= 0.6 is 0 Å². The number of carboxylic acid groups (broad SMARTS) is 1. The van der Waals surface area contributed by atoms with E-state index in [1.807, 2.05) is 0 Å². The molecule has 4 nitrogen and oxygen atoms in total. The van der Waals surface area contributed by atoms with Gasteiger partial charge in [0, 0.05) is 12.6 Å². The number of pyridine rings is 1. The minimum Gasteiger partial charge on any atom is -0.481 e. The molecule has 0 unspecified atom stereocenters. The number of hydrogen-bond acceptors (Lipinski definition) is 2. The summed E-state index contributed by atoms with van der Waals surface area (Å²) in [4.78, 5) is 15.6. The number of nitrogens with one attached hydrogen (secondary N) is 1. The zero-order valence-electron chi connectivity index (χ0n) is 9.45. The molecular formula is C11H11F3N2O2. The molecule has 18 heavy (non-hydrogen) atoms. The van der Waals surface area contributed by atoms with Crippen LogP contribution in [0.1, 0.15) is 19.0 Å². The summed E-state index contributed by atoms with van der Waals surface area (Å²) >= 11 is 0. The number of aromatic amines is 1. The summed E-state index contributed by atoms with van der Waals surface area (Å²) in [6, 6.07) is 3.83. The van der Waals surface area contributed by atoms with Crippen LogP contribution in [0.2, 0.25) is 0 Å². The fourth-order valence-corrected chi connectivity index (χ4v) is 1.09. The lowest BCUT2D eigenvalue weighted by molar-refractivity contribution is -0.141. The van der Waals surface area contributed by atoms with Gasteiger partial charge in [-0.05, 0) is 18.2 Å². The second-order valence-electron chi connectivity index (χ2n) is 3.35. The van der Waals surface area contributed by atoms with Crippen molar-refractivity contribution in [2.75, 3.05) is 0 Å². The third-order valence-corrected chi connectivity index (χ3v) is 2.00. The van der Waals surface area contributed by atoms with E-state index in [2.05, 4.69) is 9.97 Å². The van der Waals surface area contributed by atoms with Crippen molar-refractivity contribution >= 4 is 17.0 Å². The van der Waals surface area contributed by atoms with Gasteiger partial charge in [-0.25, -0.2) is 4.98 Å². The van der Waals surface area contributed by atoms with Gasteiger partial charge >= 0.3 is 12.1 Å². The second-order valence-corrected chi connectivity index (χ2v) is 3.35. The van der Waals surface area contributed by atoms with Gasteiger partial charge in [0.1, 0.15) is 5.69 Å². The van der Waals surface area contributed by atoms with Crippen molar-refractivity contribution in [3.05, 3.63) is 30.1 Å². The molecule has 0 saturated carbocycles. The number of alkyl halides is 3. The Hall–Kier alpha value is -2.05. The molecule has 0 fully saturated rings. The second kappa shape index (κ2) is 5.52. The maximum absolute atomic E-state index is 12.1. The Labute approximate surface area is 100 Å². The molecule has 0 atom stereocenters. The Kier molecular flexibility index (Phi) is 4.30. The molecule has 0 radical (unpaired) electrons. The van der Waals surface area contributed by atoms with Gasteiger partial charge in [-0.3, -0.25) is 4.79 Å². The number of H-pyrrole nitrogens is 1. The molecule has 2 aromatic rings. The van der Waals surface area contributed by atoms with Gasteiger partial charge in [-0.2, -0.15) is 13.2 Å². The van der Waals surface area contributed by atoms with E-state index in [1.165, 1.54) is 12.1 Å². The Morgan fingerprint density at radius 1 is 1.39 bits per heavy atom. The molecule has 0 bridgehead atoms. The van der Waals surface area contributed by atoms with Crippen LogP contribution in [0.15, 0.2) is 24.4 Å². The van der Waals surface area contributed by atoms with Crippen LogP contribution in [-0.4, -0.2) is 21.0 Å². The minimum absolute atomic E-state index is 0.222. The van der Waals surface area contributed by atoms with Gasteiger partial charge in [0.25, 0.3) is 0 Å². The van der Waals surface area contributed by atoms with Crippen molar-refractivity contribution in [2.24, 2.45) is 0 Å². The highest BCUT2D eigenvalue weighted by molar-refractivity contribution is 5.74. The van der Waals surface area contributed by atoms with E-state index >= 15 is 0 Å². The van der Waals surface area contributed by atoms with Crippen molar-refractivity contribution in [1.82, 2.24) is 9.97 Å². The van der Waals surface area contributed by atoms with Crippen molar-refractivity contribution in [3.63, 3.8) is 0 Å². The fraction of sp³-hybridized carbons (Fsp3) is 0.273. The largest absolute Gasteiger partial charge is 0.481 e. The van der Waals surface area contributed by atoms with E-state index in [0.717, 1.165) is 6.07 Å². The third kappa shape index (κ3) is 3.76. The average Bonchev–Trinajstić information content (AvgIpc) is 2.75. The van der Waals surface area contributed by atoms with E-state index in [9.17, 15) is 18.0 Å². The van der Waals surface area contributed by atoms with Crippen LogP contribution in [0.25, 0.3) is 11.0 Å². The van der Waals surface area contributed by atoms with Gasteiger partial charge in [0.2, 0.25) is 0 Å². The maximum atomic E-state index is 12.1. The van der Waals surface area contributed by atoms with Crippen LogP contribution < -0.4 is 0 Å². The first-order valence-electron chi connectivity index (χ1n) is 5.07. The number of fused-ring (bicyclic) bond motifs is 1. The Balaban J connectivity index is 0.000000280. The number of aliphatic carboxylic acids is 1. The van der Waals surface area contributed by atoms with Crippen LogP contribution in [0.5, 0.6) is 0 Å². The van der Waals surface area contributed by atoms with Crippen LogP contribution in [-0.2, 0) is 11.0 Å². The highest BCUT2D eigenvalue weighted by atomic mass is 19.4. The van der Waals surface area contributed by atoms with Crippen LogP contribution in [0, 0.1) is 0 Å². The van der Waals surface area contributed by atoms with Crippen molar-refractivity contribution in [2.45, 2.75) is 19.5 Å². The normalized spacial score (nSPS) is 10.9. The molecule has 0 saturated heterocycles. The lowest BCUT2D eigenvalue weighted by atomic mass is 10.3. The number of carboxylic acids is 1. The Morgan fingerprint density at radius 3 is 2.50 bits per heavy atom. The summed E-state index contributed by atoms with van der Waals surface area (Å²) < 4.78 is 36.4. The predicted molar refractivity (Wildman–Crippen MR) is 59.0 cm³/mol. The van der Waals surface area contributed by atoms with E-state index in [0.29, 0.717) is 11.0 Å². The quantitative estimate of drug-likeness (QED) is 0.828. The molecule has 7 heteroatoms. The summed E-state index contributed by atoms with van der Waals surface area (Å²) in [5, 5.41) is 7.72. The third-order valence-electron chi connectivity index (χ3n) is 2.00. The first-order chi connectivity index (χ1) is 8.34. The van der Waals surface area contributed by atoms with Crippen LogP contribution in [0.3, 0.4) is 0 Å². The van der Waals surface area contributed by atoms with Gasteiger partial charge in [0.05, 0.1) is 11.0 Å². The summed E-state index contributed by atoms with van der Waals surface area (Å²) in [5.41, 5.74) is 0.0717. The first kappa shape index (κ1) is 14.0. The zero-order chi connectivity index (χ0) is 13.8. The minimum atomic E-state index is -4.37. The van der Waals surface area contributed by atoms with Crippen LogP contribution in [0.4, 0.5) is 13.2 Å². The average molecular weight is 260 g/mol. The Bertz CT molecular complexity index is 534. The van der Waals surface area contributed by atoms with E-state index in [-0.39, 0.29) is 6.42 Å². The van der Waals surface area contributed by atoms with Crippen molar-refractivity contribution in [3.8, 4) is 0 Å². The molecule has 2 aromatic heterocycles. The monoisotopic (exact) mass is 260 g/mol. The van der Waals surface area contributed by atoms with Gasteiger partial charge in [-0.1, -0.05) is 6.92 Å². The molecule has 0 amide bonds. The molecule has 0 aliphatic heterocycles. The van der Waals surface area contributed by atoms with E-state index < -0.39 is 17.8 Å². The number of hydrogen-bond donors (Lipinski definition) is 2. The highest BCUT2D eigenvalue weighted by Gasteiger charge is 2.32. The van der Waals surface area contributed by atoms with Gasteiger partial charge in [-0.15, -0.1) is 0 Å². The number of halogens is 3.